The Morgan fingerprint density at radius 1 is 1.33 bits per heavy atom. The van der Waals surface area contributed by atoms with Crippen molar-refractivity contribution in [3.8, 4) is 0 Å². The highest BCUT2D eigenvalue weighted by atomic mass is 32.2. The molecule has 1 heterocycles. The van der Waals surface area contributed by atoms with Gasteiger partial charge in [0.2, 0.25) is 10.0 Å². The molecule has 0 bridgehead atoms. The smallest absolute Gasteiger partial charge is 0.310 e. The van der Waals surface area contributed by atoms with Crippen LogP contribution in [0.25, 0.3) is 0 Å². The standard InChI is InChI=1S/C12H21NO4S/c1-2-17-12(14)11-4-3-7-13(8-11)18(15,16)9-10-5-6-10/h10-11H,2-9H2,1H3/t11-/m0/s1. The van der Waals surface area contributed by atoms with E-state index in [1.807, 2.05) is 0 Å². The number of rotatable bonds is 5. The first-order valence-corrected chi connectivity index (χ1v) is 8.28. The Hall–Kier alpha value is -0.620. The number of piperidine rings is 1. The molecule has 1 aliphatic heterocycles. The van der Waals surface area contributed by atoms with Gasteiger partial charge >= 0.3 is 5.97 Å². The molecule has 0 aromatic carbocycles. The van der Waals surface area contributed by atoms with Crippen LogP contribution in [-0.4, -0.2) is 44.1 Å². The molecule has 104 valence electrons. The lowest BCUT2D eigenvalue weighted by molar-refractivity contribution is -0.149. The summed E-state index contributed by atoms with van der Waals surface area (Å²) in [5.74, 6) is 0.0530. The fourth-order valence-corrected chi connectivity index (χ4v) is 4.29. The lowest BCUT2D eigenvalue weighted by atomic mass is 10.0. The van der Waals surface area contributed by atoms with Crippen molar-refractivity contribution in [1.82, 2.24) is 4.31 Å². The van der Waals surface area contributed by atoms with E-state index in [0.717, 1.165) is 25.7 Å². The predicted octanol–water partition coefficient (Wildman–Crippen LogP) is 1.00. The van der Waals surface area contributed by atoms with Gasteiger partial charge in [-0.2, -0.15) is 0 Å². The Morgan fingerprint density at radius 2 is 2.06 bits per heavy atom. The van der Waals surface area contributed by atoms with Gasteiger partial charge in [-0.15, -0.1) is 0 Å². The van der Waals surface area contributed by atoms with Crippen molar-refractivity contribution in [2.45, 2.75) is 32.6 Å². The van der Waals surface area contributed by atoms with Gasteiger partial charge in [-0.3, -0.25) is 4.79 Å². The van der Waals surface area contributed by atoms with Gasteiger partial charge in [-0.1, -0.05) is 0 Å². The second-order valence-corrected chi connectivity index (χ2v) is 7.18. The third kappa shape index (κ3) is 3.45. The van der Waals surface area contributed by atoms with Gasteiger partial charge in [0.25, 0.3) is 0 Å². The highest BCUT2D eigenvalue weighted by Gasteiger charge is 2.36. The third-order valence-electron chi connectivity index (χ3n) is 3.54. The molecule has 0 unspecified atom stereocenters. The molecule has 0 radical (unpaired) electrons. The van der Waals surface area contributed by atoms with E-state index in [-0.39, 0.29) is 17.6 Å². The van der Waals surface area contributed by atoms with Crippen LogP contribution in [0.4, 0.5) is 0 Å². The Labute approximate surface area is 109 Å². The zero-order valence-electron chi connectivity index (χ0n) is 10.8. The number of nitrogens with zero attached hydrogens (tertiary/aromatic N) is 1. The number of carbonyl (C=O) groups excluding carboxylic acids is 1. The lowest BCUT2D eigenvalue weighted by Crippen LogP contribution is -2.43. The number of esters is 1. The summed E-state index contributed by atoms with van der Waals surface area (Å²) in [4.78, 5) is 11.7. The second kappa shape index (κ2) is 5.57. The molecular weight excluding hydrogens is 254 g/mol. The minimum absolute atomic E-state index is 0.253. The first-order valence-electron chi connectivity index (χ1n) is 6.67. The van der Waals surface area contributed by atoms with E-state index in [2.05, 4.69) is 0 Å². The fourth-order valence-electron chi connectivity index (χ4n) is 2.34. The average Bonchev–Trinajstić information content (AvgIpc) is 3.13. The summed E-state index contributed by atoms with van der Waals surface area (Å²) in [6.45, 7) is 2.96. The zero-order chi connectivity index (χ0) is 13.2. The molecule has 2 aliphatic rings. The van der Waals surface area contributed by atoms with Crippen molar-refractivity contribution < 1.29 is 17.9 Å². The van der Waals surface area contributed by atoms with Crippen molar-refractivity contribution in [3.63, 3.8) is 0 Å². The maximum atomic E-state index is 12.1. The van der Waals surface area contributed by atoms with Gasteiger partial charge in [-0.25, -0.2) is 12.7 Å². The SMILES string of the molecule is CCOC(=O)[C@H]1CCCN(S(=O)(=O)CC2CC2)C1. The van der Waals surface area contributed by atoms with E-state index in [1.165, 1.54) is 4.31 Å². The van der Waals surface area contributed by atoms with E-state index in [1.54, 1.807) is 6.92 Å². The number of hydrogen-bond donors (Lipinski definition) is 0. The first-order chi connectivity index (χ1) is 8.53. The summed E-state index contributed by atoms with van der Waals surface area (Å²) < 4.78 is 30.7. The van der Waals surface area contributed by atoms with E-state index < -0.39 is 10.0 Å². The highest BCUT2D eigenvalue weighted by molar-refractivity contribution is 7.89. The quantitative estimate of drug-likeness (QED) is 0.702. The van der Waals surface area contributed by atoms with Crippen LogP contribution in [0.5, 0.6) is 0 Å². The van der Waals surface area contributed by atoms with Crippen molar-refractivity contribution in [2.24, 2.45) is 11.8 Å². The first kappa shape index (κ1) is 13.8. The number of ether oxygens (including phenoxy) is 1. The van der Waals surface area contributed by atoms with Crippen molar-refractivity contribution in [3.05, 3.63) is 0 Å². The molecule has 0 aromatic heterocycles. The lowest BCUT2D eigenvalue weighted by Gasteiger charge is -2.30. The molecule has 1 saturated heterocycles. The molecular formula is C12H21NO4S. The highest BCUT2D eigenvalue weighted by Crippen LogP contribution is 2.32. The van der Waals surface area contributed by atoms with Crippen molar-refractivity contribution in [2.75, 3.05) is 25.4 Å². The number of sulfonamides is 1. The number of hydrogen-bond acceptors (Lipinski definition) is 4. The molecule has 0 amide bonds. The van der Waals surface area contributed by atoms with Crippen LogP contribution in [0, 0.1) is 11.8 Å². The fraction of sp³-hybridized carbons (Fsp3) is 0.917. The largest absolute Gasteiger partial charge is 0.466 e. The molecule has 1 aliphatic carbocycles. The Kier molecular flexibility index (Phi) is 4.27. The normalized spacial score (nSPS) is 25.9. The number of carbonyl (C=O) groups is 1. The van der Waals surface area contributed by atoms with Crippen molar-refractivity contribution >= 4 is 16.0 Å². The molecule has 2 rings (SSSR count). The molecule has 1 saturated carbocycles. The Balaban J connectivity index is 1.94. The summed E-state index contributed by atoms with van der Waals surface area (Å²) >= 11 is 0. The minimum atomic E-state index is -3.18. The Bertz CT molecular complexity index is 402. The summed E-state index contributed by atoms with van der Waals surface area (Å²) in [6, 6.07) is 0. The predicted molar refractivity (Wildman–Crippen MR) is 67.4 cm³/mol. The molecule has 0 N–H and O–H groups in total. The third-order valence-corrected chi connectivity index (χ3v) is 5.55. The van der Waals surface area contributed by atoms with Gasteiger partial charge < -0.3 is 4.74 Å². The summed E-state index contributed by atoms with van der Waals surface area (Å²) in [5, 5.41) is 0. The van der Waals surface area contributed by atoms with Gasteiger partial charge in [0, 0.05) is 13.1 Å². The summed E-state index contributed by atoms with van der Waals surface area (Å²) in [7, 11) is -3.18. The van der Waals surface area contributed by atoms with E-state index in [0.29, 0.717) is 25.6 Å². The maximum absolute atomic E-state index is 12.1. The van der Waals surface area contributed by atoms with E-state index in [9.17, 15) is 13.2 Å². The molecule has 5 nitrogen and oxygen atoms in total. The van der Waals surface area contributed by atoms with Gasteiger partial charge in [-0.05, 0) is 38.5 Å². The topological polar surface area (TPSA) is 63.7 Å². The molecule has 0 aromatic rings. The molecule has 6 heteroatoms. The van der Waals surface area contributed by atoms with E-state index >= 15 is 0 Å². The summed E-state index contributed by atoms with van der Waals surface area (Å²) in [5.41, 5.74) is 0. The monoisotopic (exact) mass is 275 g/mol. The van der Waals surface area contributed by atoms with Gasteiger partial charge in [0.05, 0.1) is 18.3 Å². The second-order valence-electron chi connectivity index (χ2n) is 5.17. The molecule has 0 spiro atoms. The van der Waals surface area contributed by atoms with Crippen LogP contribution >= 0.6 is 0 Å². The zero-order valence-corrected chi connectivity index (χ0v) is 11.6. The van der Waals surface area contributed by atoms with Crippen LogP contribution in [0.15, 0.2) is 0 Å². The van der Waals surface area contributed by atoms with Gasteiger partial charge in [0.15, 0.2) is 0 Å². The maximum Gasteiger partial charge on any atom is 0.310 e. The van der Waals surface area contributed by atoms with Crippen LogP contribution in [-0.2, 0) is 19.6 Å². The average molecular weight is 275 g/mol. The Morgan fingerprint density at radius 3 is 2.67 bits per heavy atom. The summed E-state index contributed by atoms with van der Waals surface area (Å²) in [6.07, 6.45) is 3.52. The van der Waals surface area contributed by atoms with Crippen LogP contribution in [0.1, 0.15) is 32.6 Å². The molecule has 2 fully saturated rings. The van der Waals surface area contributed by atoms with Crippen LogP contribution < -0.4 is 0 Å². The van der Waals surface area contributed by atoms with Crippen LogP contribution in [0.2, 0.25) is 0 Å². The minimum Gasteiger partial charge on any atom is -0.466 e. The van der Waals surface area contributed by atoms with E-state index in [4.69, 9.17) is 4.74 Å². The van der Waals surface area contributed by atoms with Crippen LogP contribution in [0.3, 0.4) is 0 Å². The van der Waals surface area contributed by atoms with Gasteiger partial charge in [0.1, 0.15) is 0 Å². The molecule has 1 atom stereocenters. The molecule has 18 heavy (non-hydrogen) atoms. The van der Waals surface area contributed by atoms with Crippen molar-refractivity contribution in [1.29, 1.82) is 0 Å².